The zero-order chi connectivity index (χ0) is 17.8. The van der Waals surface area contributed by atoms with Gasteiger partial charge in [-0.2, -0.15) is 0 Å². The Balaban J connectivity index is 1.51. The van der Waals surface area contributed by atoms with E-state index in [-0.39, 0.29) is 24.0 Å². The molecule has 2 atom stereocenters. The Hall–Kier alpha value is -1.64. The monoisotopic (exact) mass is 409 g/mol. The molecule has 136 valence electrons. The summed E-state index contributed by atoms with van der Waals surface area (Å²) in [5.74, 6) is 0.0997. The van der Waals surface area contributed by atoms with Crippen LogP contribution in [0.4, 0.5) is 4.79 Å². The van der Waals surface area contributed by atoms with Crippen LogP contribution in [0.1, 0.15) is 24.9 Å². The van der Waals surface area contributed by atoms with E-state index in [1.807, 2.05) is 24.0 Å². The first-order chi connectivity index (χ1) is 12.1. The Bertz CT molecular complexity index is 616. The number of piperazine rings is 1. The lowest BCUT2D eigenvalue weighted by atomic mass is 10.0. The second-order valence-electron chi connectivity index (χ2n) is 6.33. The average molecular weight is 410 g/mol. The molecule has 2 saturated heterocycles. The largest absolute Gasteiger partial charge is 0.338 e. The highest BCUT2D eigenvalue weighted by Crippen LogP contribution is 2.24. The van der Waals surface area contributed by atoms with Crippen LogP contribution in [0.3, 0.4) is 0 Å². The highest BCUT2D eigenvalue weighted by Gasteiger charge is 2.34. The SMILES string of the molecule is CCNC(=O)N1CCN(C(=O)C2CC(c3ccc(Br)cc3)NN2)CC1. The van der Waals surface area contributed by atoms with Gasteiger partial charge in [-0.25, -0.2) is 15.6 Å². The molecule has 2 unspecified atom stereocenters. The van der Waals surface area contributed by atoms with Crippen LogP contribution in [0.15, 0.2) is 28.7 Å². The number of urea groups is 1. The third kappa shape index (κ3) is 4.31. The third-order valence-electron chi connectivity index (χ3n) is 4.68. The Labute approximate surface area is 156 Å². The van der Waals surface area contributed by atoms with Gasteiger partial charge in [0.2, 0.25) is 5.91 Å². The molecule has 3 rings (SSSR count). The lowest BCUT2D eigenvalue weighted by Crippen LogP contribution is -2.56. The summed E-state index contributed by atoms with van der Waals surface area (Å²) in [4.78, 5) is 28.2. The van der Waals surface area contributed by atoms with Crippen molar-refractivity contribution in [2.24, 2.45) is 0 Å². The Morgan fingerprint density at radius 1 is 1.12 bits per heavy atom. The van der Waals surface area contributed by atoms with Gasteiger partial charge in [0.15, 0.2) is 0 Å². The van der Waals surface area contributed by atoms with Gasteiger partial charge in [0.1, 0.15) is 6.04 Å². The molecule has 0 aliphatic carbocycles. The normalized spacial score (nSPS) is 23.6. The number of carbonyl (C=O) groups excluding carboxylic acids is 2. The minimum atomic E-state index is -0.232. The third-order valence-corrected chi connectivity index (χ3v) is 5.21. The van der Waals surface area contributed by atoms with Crippen molar-refractivity contribution in [1.82, 2.24) is 26.0 Å². The van der Waals surface area contributed by atoms with Crippen molar-refractivity contribution >= 4 is 27.9 Å². The van der Waals surface area contributed by atoms with Gasteiger partial charge in [-0.3, -0.25) is 4.79 Å². The minimum Gasteiger partial charge on any atom is -0.338 e. The summed E-state index contributed by atoms with van der Waals surface area (Å²) in [6.45, 7) is 4.83. The molecule has 0 saturated carbocycles. The van der Waals surface area contributed by atoms with Crippen molar-refractivity contribution in [3.05, 3.63) is 34.3 Å². The molecule has 0 bridgehead atoms. The van der Waals surface area contributed by atoms with Gasteiger partial charge in [0.25, 0.3) is 0 Å². The summed E-state index contributed by atoms with van der Waals surface area (Å²) < 4.78 is 1.04. The molecule has 1 aromatic carbocycles. The average Bonchev–Trinajstić information content (AvgIpc) is 3.12. The maximum atomic E-state index is 12.7. The zero-order valence-corrected chi connectivity index (χ0v) is 15.9. The molecule has 25 heavy (non-hydrogen) atoms. The van der Waals surface area contributed by atoms with Crippen molar-refractivity contribution in [1.29, 1.82) is 0 Å². The van der Waals surface area contributed by atoms with Crippen molar-refractivity contribution in [2.45, 2.75) is 25.4 Å². The molecular formula is C17H24BrN5O2. The predicted molar refractivity (Wildman–Crippen MR) is 98.8 cm³/mol. The van der Waals surface area contributed by atoms with Crippen molar-refractivity contribution in [3.8, 4) is 0 Å². The van der Waals surface area contributed by atoms with Crippen LogP contribution >= 0.6 is 15.9 Å². The Kier molecular flexibility index (Phi) is 5.93. The number of halogens is 1. The molecular weight excluding hydrogens is 386 g/mol. The number of rotatable bonds is 3. The lowest BCUT2D eigenvalue weighted by molar-refractivity contribution is -0.134. The van der Waals surface area contributed by atoms with E-state index in [1.165, 1.54) is 0 Å². The minimum absolute atomic E-state index is 0.0504. The van der Waals surface area contributed by atoms with E-state index in [2.05, 4.69) is 44.2 Å². The number of carbonyl (C=O) groups is 2. The van der Waals surface area contributed by atoms with E-state index in [9.17, 15) is 9.59 Å². The van der Waals surface area contributed by atoms with Gasteiger partial charge < -0.3 is 15.1 Å². The summed E-state index contributed by atoms with van der Waals surface area (Å²) in [5.41, 5.74) is 7.50. The van der Waals surface area contributed by atoms with E-state index in [1.54, 1.807) is 4.90 Å². The summed E-state index contributed by atoms with van der Waals surface area (Å²) in [5, 5.41) is 2.80. The van der Waals surface area contributed by atoms with Crippen LogP contribution in [0.2, 0.25) is 0 Å². The number of amides is 3. The molecule has 3 amide bonds. The fraction of sp³-hybridized carbons (Fsp3) is 0.529. The topological polar surface area (TPSA) is 76.7 Å². The molecule has 0 radical (unpaired) electrons. The quantitative estimate of drug-likeness (QED) is 0.701. The van der Waals surface area contributed by atoms with E-state index >= 15 is 0 Å². The predicted octanol–water partition coefficient (Wildman–Crippen LogP) is 1.23. The van der Waals surface area contributed by atoms with Gasteiger partial charge in [-0.1, -0.05) is 28.1 Å². The van der Waals surface area contributed by atoms with E-state index in [0.29, 0.717) is 32.7 Å². The number of hydrazine groups is 1. The van der Waals surface area contributed by atoms with Crippen molar-refractivity contribution < 1.29 is 9.59 Å². The van der Waals surface area contributed by atoms with Gasteiger partial charge in [-0.05, 0) is 31.0 Å². The molecule has 3 N–H and O–H groups in total. The molecule has 2 heterocycles. The molecule has 7 nitrogen and oxygen atoms in total. The smallest absolute Gasteiger partial charge is 0.317 e. The van der Waals surface area contributed by atoms with Crippen LogP contribution in [0.5, 0.6) is 0 Å². The maximum Gasteiger partial charge on any atom is 0.317 e. The van der Waals surface area contributed by atoms with Crippen LogP contribution in [-0.2, 0) is 4.79 Å². The standard InChI is InChI=1S/C17H24BrN5O2/c1-2-19-17(25)23-9-7-22(8-10-23)16(24)15-11-14(20-21-15)12-3-5-13(18)6-4-12/h3-6,14-15,20-21H,2,7-11H2,1H3,(H,19,25). The van der Waals surface area contributed by atoms with Crippen molar-refractivity contribution in [3.63, 3.8) is 0 Å². The van der Waals surface area contributed by atoms with Crippen LogP contribution < -0.4 is 16.2 Å². The maximum absolute atomic E-state index is 12.7. The van der Waals surface area contributed by atoms with Gasteiger partial charge >= 0.3 is 6.03 Å². The number of nitrogens with zero attached hydrogens (tertiary/aromatic N) is 2. The molecule has 2 aliphatic heterocycles. The second-order valence-corrected chi connectivity index (χ2v) is 7.24. The van der Waals surface area contributed by atoms with Crippen molar-refractivity contribution in [2.75, 3.05) is 32.7 Å². The summed E-state index contributed by atoms with van der Waals surface area (Å²) in [7, 11) is 0. The number of nitrogens with one attached hydrogen (secondary N) is 3. The number of hydrogen-bond donors (Lipinski definition) is 3. The lowest BCUT2D eigenvalue weighted by Gasteiger charge is -2.35. The van der Waals surface area contributed by atoms with Crippen LogP contribution in [-0.4, -0.2) is 60.5 Å². The molecule has 8 heteroatoms. The summed E-state index contributed by atoms with van der Waals surface area (Å²) in [6.07, 6.45) is 0.719. The first kappa shape index (κ1) is 18.2. The van der Waals surface area contributed by atoms with Crippen LogP contribution in [0, 0.1) is 0 Å². The number of hydrogen-bond acceptors (Lipinski definition) is 4. The zero-order valence-electron chi connectivity index (χ0n) is 14.3. The van der Waals surface area contributed by atoms with E-state index < -0.39 is 0 Å². The molecule has 2 fully saturated rings. The Morgan fingerprint density at radius 2 is 1.76 bits per heavy atom. The van der Waals surface area contributed by atoms with Gasteiger partial charge in [0.05, 0.1) is 0 Å². The van der Waals surface area contributed by atoms with E-state index in [4.69, 9.17) is 0 Å². The first-order valence-electron chi connectivity index (χ1n) is 8.66. The fourth-order valence-electron chi connectivity index (χ4n) is 3.25. The fourth-order valence-corrected chi connectivity index (χ4v) is 3.51. The first-order valence-corrected chi connectivity index (χ1v) is 9.46. The summed E-state index contributed by atoms with van der Waals surface area (Å²) in [6, 6.07) is 7.97. The van der Waals surface area contributed by atoms with E-state index in [0.717, 1.165) is 16.5 Å². The van der Waals surface area contributed by atoms with Crippen LogP contribution in [0.25, 0.3) is 0 Å². The van der Waals surface area contributed by atoms with Gasteiger partial charge in [-0.15, -0.1) is 0 Å². The number of benzene rings is 1. The highest BCUT2D eigenvalue weighted by atomic mass is 79.9. The molecule has 0 aromatic heterocycles. The summed E-state index contributed by atoms with van der Waals surface area (Å²) >= 11 is 3.44. The second kappa shape index (κ2) is 8.16. The Morgan fingerprint density at radius 3 is 2.40 bits per heavy atom. The van der Waals surface area contributed by atoms with Gasteiger partial charge in [0, 0.05) is 43.2 Å². The molecule has 0 spiro atoms. The highest BCUT2D eigenvalue weighted by molar-refractivity contribution is 9.10. The molecule has 1 aromatic rings. The molecule has 2 aliphatic rings.